The maximum Gasteiger partial charge on any atom is 0.251 e. The van der Waals surface area contributed by atoms with Gasteiger partial charge < -0.3 is 10.4 Å². The summed E-state index contributed by atoms with van der Waals surface area (Å²) < 4.78 is 13.9. The van der Waals surface area contributed by atoms with Gasteiger partial charge >= 0.3 is 0 Å². The Hall–Kier alpha value is -1.86. The van der Waals surface area contributed by atoms with Gasteiger partial charge in [0.05, 0.1) is 12.2 Å². The molecule has 0 unspecified atom stereocenters. The molecule has 1 rings (SSSR count). The Kier molecular flexibility index (Phi) is 6.39. The van der Waals surface area contributed by atoms with Gasteiger partial charge in [0.25, 0.3) is 5.91 Å². The van der Waals surface area contributed by atoms with E-state index in [-0.39, 0.29) is 29.2 Å². The fourth-order valence-electron chi connectivity index (χ4n) is 1.74. The van der Waals surface area contributed by atoms with Crippen molar-refractivity contribution in [1.29, 1.82) is 0 Å². The topological polar surface area (TPSA) is 49.3 Å². The summed E-state index contributed by atoms with van der Waals surface area (Å²) in [4.78, 5) is 12.2. The second-order valence-electron chi connectivity index (χ2n) is 5.19. The predicted molar refractivity (Wildman–Crippen MR) is 81.4 cm³/mol. The van der Waals surface area contributed by atoms with Crippen molar-refractivity contribution < 1.29 is 14.3 Å². The third-order valence-electron chi connectivity index (χ3n) is 3.67. The monoisotopic (exact) mass is 291 g/mol. The Bertz CT molecular complexity index is 554. The van der Waals surface area contributed by atoms with Crippen molar-refractivity contribution in [3.05, 3.63) is 35.1 Å². The Balaban J connectivity index is 2.89. The summed E-state index contributed by atoms with van der Waals surface area (Å²) in [6, 6.07) is 4.25. The number of halogens is 1. The lowest BCUT2D eigenvalue weighted by molar-refractivity contribution is 0.0900. The fourth-order valence-corrected chi connectivity index (χ4v) is 1.74. The van der Waals surface area contributed by atoms with Crippen LogP contribution in [-0.4, -0.2) is 23.2 Å². The van der Waals surface area contributed by atoms with Gasteiger partial charge in [0.1, 0.15) is 5.82 Å². The van der Waals surface area contributed by atoms with Gasteiger partial charge in [-0.3, -0.25) is 4.79 Å². The van der Waals surface area contributed by atoms with E-state index >= 15 is 0 Å². The van der Waals surface area contributed by atoms with Crippen LogP contribution in [0.2, 0.25) is 0 Å². The zero-order valence-corrected chi connectivity index (χ0v) is 12.8. The molecule has 2 N–H and O–H groups in total. The van der Waals surface area contributed by atoms with Crippen molar-refractivity contribution in [3.8, 4) is 11.8 Å². The molecule has 4 heteroatoms. The van der Waals surface area contributed by atoms with Crippen LogP contribution in [0.1, 0.15) is 56.0 Å². The van der Waals surface area contributed by atoms with Crippen LogP contribution >= 0.6 is 0 Å². The van der Waals surface area contributed by atoms with E-state index in [0.29, 0.717) is 6.42 Å². The number of carbonyl (C=O) groups excluding carboxylic acids is 1. The molecule has 114 valence electrons. The molecule has 0 fully saturated rings. The van der Waals surface area contributed by atoms with Gasteiger partial charge in [-0.1, -0.05) is 25.7 Å². The molecule has 1 amide bonds. The highest BCUT2D eigenvalue weighted by molar-refractivity contribution is 5.94. The molecule has 1 aromatic rings. The van der Waals surface area contributed by atoms with Crippen LogP contribution in [0.5, 0.6) is 0 Å². The van der Waals surface area contributed by atoms with Crippen molar-refractivity contribution in [2.45, 2.75) is 45.6 Å². The van der Waals surface area contributed by atoms with E-state index in [0.717, 1.165) is 12.8 Å². The van der Waals surface area contributed by atoms with E-state index in [4.69, 9.17) is 5.11 Å². The Morgan fingerprint density at radius 3 is 2.57 bits per heavy atom. The molecule has 0 heterocycles. The molecule has 0 atom stereocenters. The smallest absolute Gasteiger partial charge is 0.251 e. The number of rotatable bonds is 5. The number of amides is 1. The Labute approximate surface area is 125 Å². The zero-order chi connectivity index (χ0) is 15.9. The minimum atomic E-state index is -0.525. The Morgan fingerprint density at radius 1 is 1.38 bits per heavy atom. The highest BCUT2D eigenvalue weighted by Crippen LogP contribution is 2.16. The number of aliphatic hydroxyl groups is 1. The van der Waals surface area contributed by atoms with Gasteiger partial charge in [0.15, 0.2) is 0 Å². The van der Waals surface area contributed by atoms with E-state index in [1.807, 2.05) is 20.8 Å². The summed E-state index contributed by atoms with van der Waals surface area (Å²) in [5, 5.41) is 11.6. The molecule has 0 saturated carbocycles. The summed E-state index contributed by atoms with van der Waals surface area (Å²) in [6.45, 7) is 5.92. The number of carbonyl (C=O) groups is 1. The average molecular weight is 291 g/mol. The van der Waals surface area contributed by atoms with Crippen molar-refractivity contribution in [1.82, 2.24) is 5.32 Å². The first-order chi connectivity index (χ1) is 9.95. The third-order valence-corrected chi connectivity index (χ3v) is 3.67. The number of nitrogens with one attached hydrogen (secondary N) is 1. The second-order valence-corrected chi connectivity index (χ2v) is 5.19. The molecular weight excluding hydrogens is 269 g/mol. The van der Waals surface area contributed by atoms with E-state index in [2.05, 4.69) is 17.2 Å². The van der Waals surface area contributed by atoms with Crippen molar-refractivity contribution in [3.63, 3.8) is 0 Å². The summed E-state index contributed by atoms with van der Waals surface area (Å²) in [7, 11) is 0. The molecule has 0 aromatic heterocycles. The van der Waals surface area contributed by atoms with Gasteiger partial charge in [-0.05, 0) is 38.0 Å². The summed E-state index contributed by atoms with van der Waals surface area (Å²) in [5.41, 5.74) is 0.231. The molecular formula is C17H22FNO2. The SMILES string of the molecule is CCC(C)(CC)NC(=O)c1ccc(C#CCCO)c(F)c1. The van der Waals surface area contributed by atoms with Gasteiger partial charge in [0, 0.05) is 17.5 Å². The zero-order valence-electron chi connectivity index (χ0n) is 12.8. The molecule has 0 saturated heterocycles. The van der Waals surface area contributed by atoms with E-state index in [1.165, 1.54) is 12.1 Å². The number of benzene rings is 1. The third kappa shape index (κ3) is 4.87. The highest BCUT2D eigenvalue weighted by atomic mass is 19.1. The van der Waals surface area contributed by atoms with Crippen LogP contribution in [0.4, 0.5) is 4.39 Å². The van der Waals surface area contributed by atoms with E-state index in [1.54, 1.807) is 6.07 Å². The first-order valence-corrected chi connectivity index (χ1v) is 7.17. The number of hydrogen-bond acceptors (Lipinski definition) is 2. The number of aliphatic hydroxyl groups excluding tert-OH is 1. The van der Waals surface area contributed by atoms with Crippen LogP contribution in [0.25, 0.3) is 0 Å². The molecule has 0 spiro atoms. The molecule has 0 aliphatic heterocycles. The minimum absolute atomic E-state index is 0.0538. The minimum Gasteiger partial charge on any atom is -0.395 e. The standard InChI is InChI=1S/C17H22FNO2/c1-4-17(3,5-2)19-16(21)14-10-9-13(15(18)12-14)8-6-7-11-20/h9-10,12,20H,4-5,7,11H2,1-3H3,(H,19,21). The Morgan fingerprint density at radius 2 is 2.05 bits per heavy atom. The van der Waals surface area contributed by atoms with Crippen LogP contribution < -0.4 is 5.32 Å². The first-order valence-electron chi connectivity index (χ1n) is 7.17. The molecule has 0 aliphatic carbocycles. The fraction of sp³-hybridized carbons (Fsp3) is 0.471. The van der Waals surface area contributed by atoms with E-state index < -0.39 is 5.82 Å². The van der Waals surface area contributed by atoms with Crippen LogP contribution in [0.3, 0.4) is 0 Å². The van der Waals surface area contributed by atoms with Crippen LogP contribution in [-0.2, 0) is 0 Å². The average Bonchev–Trinajstić information content (AvgIpc) is 2.48. The van der Waals surface area contributed by atoms with Gasteiger partial charge in [-0.2, -0.15) is 0 Å². The second kappa shape index (κ2) is 7.80. The molecule has 1 aromatic carbocycles. The van der Waals surface area contributed by atoms with Gasteiger partial charge in [0.2, 0.25) is 0 Å². The summed E-state index contributed by atoms with van der Waals surface area (Å²) >= 11 is 0. The summed E-state index contributed by atoms with van der Waals surface area (Å²) in [5.74, 6) is 4.48. The van der Waals surface area contributed by atoms with Crippen molar-refractivity contribution >= 4 is 5.91 Å². The molecule has 3 nitrogen and oxygen atoms in total. The highest BCUT2D eigenvalue weighted by Gasteiger charge is 2.22. The van der Waals surface area contributed by atoms with Gasteiger partial charge in [-0.15, -0.1) is 0 Å². The molecule has 21 heavy (non-hydrogen) atoms. The largest absolute Gasteiger partial charge is 0.395 e. The molecule has 0 radical (unpaired) electrons. The maximum absolute atomic E-state index is 13.9. The normalized spacial score (nSPS) is 10.7. The quantitative estimate of drug-likeness (QED) is 0.820. The predicted octanol–water partition coefficient (Wildman–Crippen LogP) is 2.87. The molecule has 0 aliphatic rings. The first kappa shape index (κ1) is 17.2. The van der Waals surface area contributed by atoms with Gasteiger partial charge in [-0.25, -0.2) is 4.39 Å². The van der Waals surface area contributed by atoms with Crippen LogP contribution in [0.15, 0.2) is 18.2 Å². The molecule has 0 bridgehead atoms. The van der Waals surface area contributed by atoms with Crippen molar-refractivity contribution in [2.75, 3.05) is 6.61 Å². The lowest BCUT2D eigenvalue weighted by atomic mass is 9.95. The lowest BCUT2D eigenvalue weighted by Gasteiger charge is -2.28. The van der Waals surface area contributed by atoms with Crippen molar-refractivity contribution in [2.24, 2.45) is 0 Å². The van der Waals surface area contributed by atoms with Crippen LogP contribution in [0, 0.1) is 17.7 Å². The van der Waals surface area contributed by atoms with E-state index in [9.17, 15) is 9.18 Å². The number of hydrogen-bond donors (Lipinski definition) is 2. The lowest BCUT2D eigenvalue weighted by Crippen LogP contribution is -2.44. The summed E-state index contributed by atoms with van der Waals surface area (Å²) in [6.07, 6.45) is 1.91. The maximum atomic E-state index is 13.9.